The lowest BCUT2D eigenvalue weighted by atomic mass is 10.2. The van der Waals surface area contributed by atoms with E-state index in [-0.39, 0.29) is 13.2 Å². The fourth-order valence-corrected chi connectivity index (χ4v) is 1.37. The Morgan fingerprint density at radius 3 is 2.82 bits per heavy atom. The molecule has 0 saturated carbocycles. The van der Waals surface area contributed by atoms with Gasteiger partial charge in [-0.05, 0) is 18.6 Å². The summed E-state index contributed by atoms with van der Waals surface area (Å²) in [5.74, 6) is 0.446. The molecule has 1 amide bonds. The Balaban J connectivity index is 2.82. The highest BCUT2D eigenvalue weighted by Gasteiger charge is 2.10. The van der Waals surface area contributed by atoms with Crippen LogP contribution in [0.1, 0.15) is 5.56 Å². The molecular weight excluding hydrogens is 246 g/mol. The number of aryl methyl sites for hydroxylation is 1. The van der Waals surface area contributed by atoms with Gasteiger partial charge in [0.15, 0.2) is 0 Å². The molecule has 0 aliphatic carbocycles. The number of carbonyl (C=O) groups is 1. The molecule has 0 aromatic heterocycles. The zero-order valence-corrected chi connectivity index (χ0v) is 10.4. The molecule has 2 N–H and O–H groups in total. The van der Waals surface area contributed by atoms with Crippen molar-refractivity contribution >= 4 is 23.4 Å². The van der Waals surface area contributed by atoms with E-state index >= 15 is 0 Å². The standard InChI is InChI=1S/C11H14ClNO4/c1-7-5-9(10(16-2)6-8(7)12)13-11(15)17-4-3-14/h5-6,14H,3-4H2,1-2H3,(H,13,15). The van der Waals surface area contributed by atoms with Gasteiger partial charge in [-0.15, -0.1) is 0 Å². The van der Waals surface area contributed by atoms with Crippen LogP contribution < -0.4 is 10.1 Å². The van der Waals surface area contributed by atoms with Gasteiger partial charge in [0.2, 0.25) is 0 Å². The molecule has 0 saturated heterocycles. The van der Waals surface area contributed by atoms with Crippen LogP contribution in [0, 0.1) is 6.92 Å². The maximum absolute atomic E-state index is 11.3. The van der Waals surface area contributed by atoms with E-state index < -0.39 is 6.09 Å². The van der Waals surface area contributed by atoms with Crippen molar-refractivity contribution in [1.82, 2.24) is 0 Å². The van der Waals surface area contributed by atoms with E-state index in [1.165, 1.54) is 7.11 Å². The van der Waals surface area contributed by atoms with Crippen LogP contribution >= 0.6 is 11.6 Å². The minimum Gasteiger partial charge on any atom is -0.495 e. The number of halogens is 1. The fraction of sp³-hybridized carbons (Fsp3) is 0.364. The Kier molecular flexibility index (Phi) is 5.06. The molecule has 0 unspecified atom stereocenters. The molecule has 0 bridgehead atoms. The molecular formula is C11H14ClNO4. The first kappa shape index (κ1) is 13.6. The maximum atomic E-state index is 11.3. The van der Waals surface area contributed by atoms with Crippen LogP contribution in [-0.2, 0) is 4.74 Å². The Labute approximate surface area is 104 Å². The summed E-state index contributed by atoms with van der Waals surface area (Å²) in [4.78, 5) is 11.3. The molecule has 0 spiro atoms. The molecule has 0 radical (unpaired) electrons. The molecule has 5 nitrogen and oxygen atoms in total. The van der Waals surface area contributed by atoms with E-state index in [2.05, 4.69) is 10.1 Å². The summed E-state index contributed by atoms with van der Waals surface area (Å²) in [5, 5.41) is 11.6. The Morgan fingerprint density at radius 2 is 2.24 bits per heavy atom. The summed E-state index contributed by atoms with van der Waals surface area (Å²) >= 11 is 5.93. The Hall–Kier alpha value is -1.46. The molecule has 0 heterocycles. The van der Waals surface area contributed by atoms with E-state index in [1.54, 1.807) is 12.1 Å². The number of aliphatic hydroxyl groups is 1. The number of carbonyl (C=O) groups excluding carboxylic acids is 1. The summed E-state index contributed by atoms with van der Waals surface area (Å²) in [6.45, 7) is 1.54. The van der Waals surface area contributed by atoms with E-state index in [4.69, 9.17) is 21.4 Å². The van der Waals surface area contributed by atoms with Gasteiger partial charge >= 0.3 is 6.09 Å². The van der Waals surface area contributed by atoms with Crippen molar-refractivity contribution in [2.45, 2.75) is 6.92 Å². The first-order valence-corrected chi connectivity index (χ1v) is 5.35. The van der Waals surface area contributed by atoms with Gasteiger partial charge in [-0.3, -0.25) is 5.32 Å². The summed E-state index contributed by atoms with van der Waals surface area (Å²) < 4.78 is 9.76. The normalized spacial score (nSPS) is 9.88. The average molecular weight is 260 g/mol. The SMILES string of the molecule is COc1cc(Cl)c(C)cc1NC(=O)OCCO. The van der Waals surface area contributed by atoms with Crippen LogP contribution in [0.25, 0.3) is 0 Å². The number of aliphatic hydroxyl groups excluding tert-OH is 1. The van der Waals surface area contributed by atoms with Crippen LogP contribution in [0.4, 0.5) is 10.5 Å². The second-order valence-electron chi connectivity index (χ2n) is 3.29. The lowest BCUT2D eigenvalue weighted by molar-refractivity contribution is 0.131. The number of anilines is 1. The minimum absolute atomic E-state index is 0.0548. The Morgan fingerprint density at radius 1 is 1.53 bits per heavy atom. The summed E-state index contributed by atoms with van der Waals surface area (Å²) in [7, 11) is 1.48. The van der Waals surface area contributed by atoms with Crippen LogP contribution in [0.15, 0.2) is 12.1 Å². The van der Waals surface area contributed by atoms with Gasteiger partial charge in [0, 0.05) is 11.1 Å². The van der Waals surface area contributed by atoms with Crippen molar-refractivity contribution in [3.05, 3.63) is 22.7 Å². The predicted octanol–water partition coefficient (Wildman–Crippen LogP) is 2.20. The number of hydrogen-bond donors (Lipinski definition) is 2. The van der Waals surface area contributed by atoms with Gasteiger partial charge in [-0.1, -0.05) is 11.6 Å². The van der Waals surface area contributed by atoms with Gasteiger partial charge in [-0.25, -0.2) is 4.79 Å². The minimum atomic E-state index is -0.654. The second kappa shape index (κ2) is 6.32. The maximum Gasteiger partial charge on any atom is 0.411 e. The first-order chi connectivity index (χ1) is 8.08. The molecule has 0 aliphatic rings. The summed E-state index contributed by atoms with van der Waals surface area (Å²) in [5.41, 5.74) is 1.28. The highest BCUT2D eigenvalue weighted by atomic mass is 35.5. The van der Waals surface area contributed by atoms with Crippen molar-refractivity contribution in [3.63, 3.8) is 0 Å². The number of benzene rings is 1. The molecule has 17 heavy (non-hydrogen) atoms. The van der Waals surface area contributed by atoms with E-state index in [0.717, 1.165) is 5.56 Å². The number of ether oxygens (including phenoxy) is 2. The molecule has 6 heteroatoms. The van der Waals surface area contributed by atoms with Gasteiger partial charge in [0.25, 0.3) is 0 Å². The molecule has 94 valence electrons. The van der Waals surface area contributed by atoms with Crippen LogP contribution in [0.2, 0.25) is 5.02 Å². The van der Waals surface area contributed by atoms with Gasteiger partial charge < -0.3 is 14.6 Å². The largest absolute Gasteiger partial charge is 0.495 e. The second-order valence-corrected chi connectivity index (χ2v) is 3.69. The molecule has 0 fully saturated rings. The van der Waals surface area contributed by atoms with Crippen LogP contribution in [0.5, 0.6) is 5.75 Å². The molecule has 1 aromatic rings. The fourth-order valence-electron chi connectivity index (χ4n) is 1.21. The van der Waals surface area contributed by atoms with Gasteiger partial charge in [-0.2, -0.15) is 0 Å². The van der Waals surface area contributed by atoms with Crippen molar-refractivity contribution in [1.29, 1.82) is 0 Å². The van der Waals surface area contributed by atoms with Crippen molar-refractivity contribution in [3.8, 4) is 5.75 Å². The van der Waals surface area contributed by atoms with Gasteiger partial charge in [0.1, 0.15) is 12.4 Å². The van der Waals surface area contributed by atoms with Crippen molar-refractivity contribution in [2.24, 2.45) is 0 Å². The third-order valence-electron chi connectivity index (χ3n) is 2.04. The van der Waals surface area contributed by atoms with E-state index in [1.807, 2.05) is 6.92 Å². The predicted molar refractivity (Wildman–Crippen MR) is 64.8 cm³/mol. The average Bonchev–Trinajstić information content (AvgIpc) is 2.31. The summed E-state index contributed by atoms with van der Waals surface area (Å²) in [6.07, 6.45) is -0.654. The van der Waals surface area contributed by atoms with Crippen LogP contribution in [0.3, 0.4) is 0 Å². The number of methoxy groups -OCH3 is 1. The highest BCUT2D eigenvalue weighted by molar-refractivity contribution is 6.31. The van der Waals surface area contributed by atoms with Gasteiger partial charge in [0.05, 0.1) is 19.4 Å². The number of hydrogen-bond acceptors (Lipinski definition) is 4. The molecule has 1 rings (SSSR count). The number of rotatable bonds is 4. The number of nitrogens with one attached hydrogen (secondary N) is 1. The lowest BCUT2D eigenvalue weighted by Gasteiger charge is -2.12. The molecule has 0 aliphatic heterocycles. The molecule has 0 atom stereocenters. The third kappa shape index (κ3) is 3.80. The quantitative estimate of drug-likeness (QED) is 0.870. The van der Waals surface area contributed by atoms with Crippen molar-refractivity contribution < 1.29 is 19.4 Å². The van der Waals surface area contributed by atoms with E-state index in [0.29, 0.717) is 16.5 Å². The lowest BCUT2D eigenvalue weighted by Crippen LogP contribution is -2.16. The zero-order valence-electron chi connectivity index (χ0n) is 9.62. The molecule has 1 aromatic carbocycles. The zero-order chi connectivity index (χ0) is 12.8. The van der Waals surface area contributed by atoms with E-state index in [9.17, 15) is 4.79 Å². The number of amides is 1. The summed E-state index contributed by atoms with van der Waals surface area (Å²) in [6, 6.07) is 3.29. The van der Waals surface area contributed by atoms with Crippen molar-refractivity contribution in [2.75, 3.05) is 25.6 Å². The highest BCUT2D eigenvalue weighted by Crippen LogP contribution is 2.30. The third-order valence-corrected chi connectivity index (χ3v) is 2.45. The Bertz CT molecular complexity index is 409. The smallest absolute Gasteiger partial charge is 0.411 e. The first-order valence-electron chi connectivity index (χ1n) is 4.97. The topological polar surface area (TPSA) is 67.8 Å². The van der Waals surface area contributed by atoms with Crippen LogP contribution in [-0.4, -0.2) is 31.5 Å². The monoisotopic (exact) mass is 259 g/mol.